The van der Waals surface area contributed by atoms with Gasteiger partial charge in [0, 0.05) is 29.8 Å². The number of rotatable bonds is 1. The first-order valence-electron chi connectivity index (χ1n) is 4.57. The van der Waals surface area contributed by atoms with Crippen molar-refractivity contribution in [3.05, 3.63) is 22.4 Å². The molecular formula is C10H13NOS. The Bertz CT molecular complexity index is 294. The Morgan fingerprint density at radius 3 is 3.00 bits per heavy atom. The van der Waals surface area contributed by atoms with Gasteiger partial charge < -0.3 is 5.32 Å². The number of Topliss-reactive ketones (excluding diaryl/α,β-unsaturated/α-hetero) is 1. The van der Waals surface area contributed by atoms with Crippen LogP contribution in [0, 0.1) is 0 Å². The quantitative estimate of drug-likeness (QED) is 0.743. The first-order valence-corrected chi connectivity index (χ1v) is 5.45. The Kier molecular flexibility index (Phi) is 2.47. The lowest BCUT2D eigenvalue weighted by Crippen LogP contribution is -2.38. The second-order valence-corrected chi connectivity index (χ2v) is 4.56. The summed E-state index contributed by atoms with van der Waals surface area (Å²) in [6, 6.07) is 4.71. The minimum Gasteiger partial charge on any atom is -0.306 e. The highest BCUT2D eigenvalue weighted by Gasteiger charge is 2.25. The number of hydrogen-bond acceptors (Lipinski definition) is 3. The molecule has 13 heavy (non-hydrogen) atoms. The molecule has 70 valence electrons. The number of carbonyl (C=O) groups is 1. The normalized spacial score (nSPS) is 29.2. The van der Waals surface area contributed by atoms with E-state index >= 15 is 0 Å². The first-order chi connectivity index (χ1) is 6.25. The van der Waals surface area contributed by atoms with Crippen LogP contribution in [0.3, 0.4) is 0 Å². The van der Waals surface area contributed by atoms with Gasteiger partial charge in [0.25, 0.3) is 0 Å². The van der Waals surface area contributed by atoms with Crippen LogP contribution in [0.4, 0.5) is 0 Å². The predicted molar refractivity (Wildman–Crippen MR) is 53.9 cm³/mol. The average Bonchev–Trinajstić information content (AvgIpc) is 2.53. The summed E-state index contributed by atoms with van der Waals surface area (Å²) in [6.07, 6.45) is 1.34. The summed E-state index contributed by atoms with van der Waals surface area (Å²) in [6.45, 7) is 2.07. The number of piperidine rings is 1. The van der Waals surface area contributed by atoms with Gasteiger partial charge in [0.05, 0.1) is 0 Å². The lowest BCUT2D eigenvalue weighted by atomic mass is 9.97. The van der Waals surface area contributed by atoms with Crippen molar-refractivity contribution in [1.29, 1.82) is 0 Å². The molecule has 0 aliphatic carbocycles. The topological polar surface area (TPSA) is 29.1 Å². The van der Waals surface area contributed by atoms with Crippen LogP contribution >= 0.6 is 11.3 Å². The highest BCUT2D eigenvalue weighted by Crippen LogP contribution is 2.26. The molecule has 2 atom stereocenters. The molecule has 1 saturated heterocycles. The summed E-state index contributed by atoms with van der Waals surface area (Å²) in [5.41, 5.74) is 0. The molecule has 2 nitrogen and oxygen atoms in total. The third kappa shape index (κ3) is 1.98. The van der Waals surface area contributed by atoms with Gasteiger partial charge in [-0.1, -0.05) is 6.07 Å². The van der Waals surface area contributed by atoms with Crippen molar-refractivity contribution in [1.82, 2.24) is 5.32 Å². The van der Waals surface area contributed by atoms with E-state index in [-0.39, 0.29) is 6.04 Å². The fraction of sp³-hybridized carbons (Fsp3) is 0.500. The van der Waals surface area contributed by atoms with E-state index in [9.17, 15) is 4.79 Å². The van der Waals surface area contributed by atoms with Gasteiger partial charge in [-0.05, 0) is 18.4 Å². The van der Waals surface area contributed by atoms with Crippen LogP contribution in [0.25, 0.3) is 0 Å². The largest absolute Gasteiger partial charge is 0.306 e. The van der Waals surface area contributed by atoms with Crippen molar-refractivity contribution in [3.63, 3.8) is 0 Å². The lowest BCUT2D eigenvalue weighted by molar-refractivity contribution is -0.121. The minimum atomic E-state index is 0.260. The molecule has 1 aliphatic heterocycles. The maximum atomic E-state index is 11.3. The lowest BCUT2D eigenvalue weighted by Gasteiger charge is -2.27. The summed E-state index contributed by atoms with van der Waals surface area (Å²) < 4.78 is 0. The van der Waals surface area contributed by atoms with Gasteiger partial charge in [-0.3, -0.25) is 4.79 Å². The van der Waals surface area contributed by atoms with Crippen LogP contribution in [0.15, 0.2) is 17.5 Å². The molecule has 2 rings (SSSR count). The van der Waals surface area contributed by atoms with E-state index < -0.39 is 0 Å². The summed E-state index contributed by atoms with van der Waals surface area (Å²) in [4.78, 5) is 12.6. The monoisotopic (exact) mass is 195 g/mol. The average molecular weight is 195 g/mol. The van der Waals surface area contributed by atoms with Gasteiger partial charge in [0.1, 0.15) is 5.78 Å². The molecule has 0 bridgehead atoms. The summed E-state index contributed by atoms with van der Waals surface area (Å²) in [5.74, 6) is 0.379. The first kappa shape index (κ1) is 8.91. The fourth-order valence-corrected chi connectivity index (χ4v) is 2.57. The minimum absolute atomic E-state index is 0.260. The van der Waals surface area contributed by atoms with Crippen LogP contribution in [0.2, 0.25) is 0 Å². The van der Waals surface area contributed by atoms with Crippen molar-refractivity contribution in [2.45, 2.75) is 31.8 Å². The van der Waals surface area contributed by atoms with E-state index in [4.69, 9.17) is 0 Å². The molecule has 1 aromatic rings. The van der Waals surface area contributed by atoms with E-state index in [0.717, 1.165) is 0 Å². The van der Waals surface area contributed by atoms with Crippen LogP contribution in [0.1, 0.15) is 30.7 Å². The Morgan fingerprint density at radius 2 is 2.38 bits per heavy atom. The van der Waals surface area contributed by atoms with Gasteiger partial charge >= 0.3 is 0 Å². The molecular weight excluding hydrogens is 182 g/mol. The zero-order valence-electron chi connectivity index (χ0n) is 7.62. The van der Waals surface area contributed by atoms with Gasteiger partial charge in [0.2, 0.25) is 0 Å². The Labute approximate surface area is 82.0 Å². The molecule has 1 aliphatic rings. The Balaban J connectivity index is 2.12. The van der Waals surface area contributed by atoms with Crippen molar-refractivity contribution in [3.8, 4) is 0 Å². The number of carbonyl (C=O) groups excluding carboxylic acids is 1. The van der Waals surface area contributed by atoms with Crippen molar-refractivity contribution in [2.75, 3.05) is 0 Å². The zero-order chi connectivity index (χ0) is 9.26. The summed E-state index contributed by atoms with van der Waals surface area (Å²) >= 11 is 1.72. The summed E-state index contributed by atoms with van der Waals surface area (Å²) in [7, 11) is 0. The van der Waals surface area contributed by atoms with Crippen LogP contribution in [-0.4, -0.2) is 11.8 Å². The highest BCUT2D eigenvalue weighted by atomic mass is 32.1. The van der Waals surface area contributed by atoms with E-state index in [1.54, 1.807) is 11.3 Å². The van der Waals surface area contributed by atoms with Gasteiger partial charge in [-0.25, -0.2) is 0 Å². The predicted octanol–water partition coefficient (Wildman–Crippen LogP) is 2.13. The number of nitrogens with one attached hydrogen (secondary N) is 1. The molecule has 0 radical (unpaired) electrons. The van der Waals surface area contributed by atoms with E-state index in [2.05, 4.69) is 23.7 Å². The molecule has 1 fully saturated rings. The van der Waals surface area contributed by atoms with Crippen LogP contribution in [-0.2, 0) is 4.79 Å². The van der Waals surface area contributed by atoms with E-state index in [1.165, 1.54) is 4.88 Å². The number of thiophene rings is 1. The number of ketones is 1. The van der Waals surface area contributed by atoms with Gasteiger partial charge in [-0.15, -0.1) is 11.3 Å². The maximum absolute atomic E-state index is 11.3. The molecule has 1 N–H and O–H groups in total. The number of hydrogen-bond donors (Lipinski definition) is 1. The summed E-state index contributed by atoms with van der Waals surface area (Å²) in [5, 5.41) is 5.50. The second kappa shape index (κ2) is 3.60. The van der Waals surface area contributed by atoms with Crippen LogP contribution in [0.5, 0.6) is 0 Å². The van der Waals surface area contributed by atoms with Gasteiger partial charge in [-0.2, -0.15) is 0 Å². The highest BCUT2D eigenvalue weighted by molar-refractivity contribution is 7.10. The zero-order valence-corrected chi connectivity index (χ0v) is 8.43. The Hall–Kier alpha value is -0.670. The van der Waals surface area contributed by atoms with Crippen molar-refractivity contribution < 1.29 is 4.79 Å². The molecule has 0 saturated carbocycles. The maximum Gasteiger partial charge on any atom is 0.136 e. The van der Waals surface area contributed by atoms with E-state index in [0.29, 0.717) is 24.7 Å². The molecule has 2 unspecified atom stereocenters. The molecule has 0 spiro atoms. The molecule has 3 heteroatoms. The molecule has 0 amide bonds. The second-order valence-electron chi connectivity index (χ2n) is 3.58. The molecule has 2 heterocycles. The Morgan fingerprint density at radius 1 is 1.54 bits per heavy atom. The SMILES string of the molecule is CC1CC(=O)CC(c2cccs2)N1. The van der Waals surface area contributed by atoms with Crippen LogP contribution < -0.4 is 5.32 Å². The fourth-order valence-electron chi connectivity index (χ4n) is 1.79. The molecule has 0 aromatic carbocycles. The van der Waals surface area contributed by atoms with Crippen molar-refractivity contribution >= 4 is 17.1 Å². The molecule has 1 aromatic heterocycles. The standard InChI is InChI=1S/C10H13NOS/c1-7-5-8(12)6-9(11-7)10-3-2-4-13-10/h2-4,7,9,11H,5-6H2,1H3. The van der Waals surface area contributed by atoms with Gasteiger partial charge in [0.15, 0.2) is 0 Å². The van der Waals surface area contributed by atoms with E-state index in [1.807, 2.05) is 6.07 Å². The van der Waals surface area contributed by atoms with Crippen molar-refractivity contribution in [2.24, 2.45) is 0 Å². The third-order valence-corrected chi connectivity index (χ3v) is 3.32. The third-order valence-electron chi connectivity index (χ3n) is 2.34. The smallest absolute Gasteiger partial charge is 0.136 e.